The van der Waals surface area contributed by atoms with Gasteiger partial charge in [-0.2, -0.15) is 0 Å². The van der Waals surface area contributed by atoms with Gasteiger partial charge in [0.05, 0.1) is 26.5 Å². The van der Waals surface area contributed by atoms with Crippen molar-refractivity contribution < 1.29 is 17.9 Å². The Morgan fingerprint density at radius 1 is 1.25 bits per heavy atom. The van der Waals surface area contributed by atoms with Crippen molar-refractivity contribution in [2.45, 2.75) is 13.5 Å². The highest BCUT2D eigenvalue weighted by Crippen LogP contribution is 2.25. The summed E-state index contributed by atoms with van der Waals surface area (Å²) < 4.78 is 32.4. The summed E-state index contributed by atoms with van der Waals surface area (Å²) in [5.41, 5.74) is 0.886. The van der Waals surface area contributed by atoms with E-state index in [4.69, 9.17) is 14.6 Å². The van der Waals surface area contributed by atoms with Gasteiger partial charge in [-0.05, 0) is 19.1 Å². The molecule has 24 heavy (non-hydrogen) atoms. The van der Waals surface area contributed by atoms with Gasteiger partial charge in [0.1, 0.15) is 11.5 Å². The Labute approximate surface area is 160 Å². The second-order valence-electron chi connectivity index (χ2n) is 4.67. The molecule has 0 heterocycles. The summed E-state index contributed by atoms with van der Waals surface area (Å²) in [6.07, 6.45) is 0. The molecule has 0 saturated carbocycles. The van der Waals surface area contributed by atoms with E-state index in [2.05, 4.69) is 15.6 Å². The number of hydrogen-bond acceptors (Lipinski definition) is 5. The fraction of sp³-hybridized carbons (Fsp3) is 0.500. The lowest BCUT2D eigenvalue weighted by molar-refractivity contribution is 0.391. The highest BCUT2D eigenvalue weighted by molar-refractivity contribution is 14.0. The van der Waals surface area contributed by atoms with Crippen LogP contribution in [0.2, 0.25) is 0 Å². The Bertz CT molecular complexity index is 638. The van der Waals surface area contributed by atoms with Gasteiger partial charge in [-0.15, -0.1) is 24.0 Å². The largest absolute Gasteiger partial charge is 0.497 e. The number of guanidine groups is 1. The molecular formula is C14H25IN4O4S. The number of methoxy groups -OCH3 is 2. The molecule has 1 aromatic rings. The van der Waals surface area contributed by atoms with E-state index in [0.29, 0.717) is 30.5 Å². The number of ether oxygens (including phenoxy) is 2. The van der Waals surface area contributed by atoms with E-state index >= 15 is 0 Å². The first kappa shape index (κ1) is 22.7. The predicted octanol–water partition coefficient (Wildman–Crippen LogP) is 0.665. The Hall–Kier alpha value is -1.27. The standard InChI is InChI=1S/C14H24N4O4S.HI/c1-4-16-14(17-7-8-23(15,19)20)18-10-11-5-6-12(21-2)9-13(11)22-3;/h5-6,9H,4,7-8,10H2,1-3H3,(H2,15,19,20)(H2,16,17,18);1H. The van der Waals surface area contributed by atoms with Crippen molar-refractivity contribution in [1.29, 1.82) is 0 Å². The lowest BCUT2D eigenvalue weighted by Crippen LogP contribution is -2.40. The maximum Gasteiger partial charge on any atom is 0.210 e. The minimum absolute atomic E-state index is 0. The minimum atomic E-state index is -3.50. The molecule has 0 amide bonds. The number of nitrogens with one attached hydrogen (secondary N) is 2. The van der Waals surface area contributed by atoms with Crippen LogP contribution in [-0.2, 0) is 16.6 Å². The van der Waals surface area contributed by atoms with Crippen LogP contribution < -0.4 is 25.2 Å². The molecule has 0 spiro atoms. The van der Waals surface area contributed by atoms with E-state index in [1.807, 2.05) is 19.1 Å². The number of hydrogen-bond donors (Lipinski definition) is 3. The summed E-state index contributed by atoms with van der Waals surface area (Å²) in [7, 11) is -0.330. The average molecular weight is 472 g/mol. The first-order valence-electron chi connectivity index (χ1n) is 7.13. The number of rotatable bonds is 8. The van der Waals surface area contributed by atoms with E-state index in [0.717, 1.165) is 5.56 Å². The summed E-state index contributed by atoms with van der Waals surface area (Å²) >= 11 is 0. The quantitative estimate of drug-likeness (QED) is 0.291. The molecule has 0 atom stereocenters. The Balaban J connectivity index is 0.00000529. The van der Waals surface area contributed by atoms with Crippen molar-refractivity contribution in [3.63, 3.8) is 0 Å². The zero-order valence-electron chi connectivity index (χ0n) is 14.0. The molecule has 0 bridgehead atoms. The molecule has 0 aromatic heterocycles. The lowest BCUT2D eigenvalue weighted by atomic mass is 10.2. The third-order valence-electron chi connectivity index (χ3n) is 2.93. The number of nitrogens with zero attached hydrogens (tertiary/aromatic N) is 1. The Morgan fingerprint density at radius 2 is 1.96 bits per heavy atom. The SMILES string of the molecule is CCNC(=NCc1ccc(OC)cc1OC)NCCS(N)(=O)=O.I. The highest BCUT2D eigenvalue weighted by atomic mass is 127. The molecule has 0 fully saturated rings. The number of sulfonamides is 1. The average Bonchev–Trinajstić information content (AvgIpc) is 2.51. The van der Waals surface area contributed by atoms with Gasteiger partial charge < -0.3 is 20.1 Å². The third-order valence-corrected chi connectivity index (χ3v) is 3.70. The maximum atomic E-state index is 10.9. The number of benzene rings is 1. The number of halogens is 1. The number of aliphatic imine (C=N–C) groups is 1. The van der Waals surface area contributed by atoms with Gasteiger partial charge in [0.2, 0.25) is 10.0 Å². The molecule has 0 aliphatic heterocycles. The lowest BCUT2D eigenvalue weighted by Gasteiger charge is -2.12. The van der Waals surface area contributed by atoms with Crippen LogP contribution in [0.1, 0.15) is 12.5 Å². The molecule has 0 unspecified atom stereocenters. The van der Waals surface area contributed by atoms with E-state index in [1.54, 1.807) is 20.3 Å². The van der Waals surface area contributed by atoms with Gasteiger partial charge in [-0.25, -0.2) is 18.5 Å². The number of primary sulfonamides is 1. The van der Waals surface area contributed by atoms with Crippen molar-refractivity contribution in [2.24, 2.45) is 10.1 Å². The van der Waals surface area contributed by atoms with Gasteiger partial charge in [0, 0.05) is 24.7 Å². The summed E-state index contributed by atoms with van der Waals surface area (Å²) in [5, 5.41) is 10.9. The highest BCUT2D eigenvalue weighted by Gasteiger charge is 2.06. The monoisotopic (exact) mass is 472 g/mol. The van der Waals surface area contributed by atoms with E-state index in [9.17, 15) is 8.42 Å². The zero-order chi connectivity index (χ0) is 17.3. The summed E-state index contributed by atoms with van der Waals surface area (Å²) in [6.45, 7) is 3.13. The molecule has 138 valence electrons. The summed E-state index contributed by atoms with van der Waals surface area (Å²) in [6, 6.07) is 5.48. The van der Waals surface area contributed by atoms with E-state index < -0.39 is 10.0 Å². The summed E-state index contributed by atoms with van der Waals surface area (Å²) in [4.78, 5) is 4.41. The van der Waals surface area contributed by atoms with Gasteiger partial charge in [0.15, 0.2) is 5.96 Å². The van der Waals surface area contributed by atoms with Crippen LogP contribution in [0.5, 0.6) is 11.5 Å². The fourth-order valence-corrected chi connectivity index (χ4v) is 2.19. The molecule has 0 saturated heterocycles. The number of nitrogens with two attached hydrogens (primary N) is 1. The van der Waals surface area contributed by atoms with Crippen LogP contribution in [0.15, 0.2) is 23.2 Å². The van der Waals surface area contributed by atoms with Crippen LogP contribution in [0.3, 0.4) is 0 Å². The van der Waals surface area contributed by atoms with Crippen LogP contribution in [0, 0.1) is 0 Å². The van der Waals surface area contributed by atoms with Crippen molar-refractivity contribution >= 4 is 40.0 Å². The normalized spacial score (nSPS) is 11.4. The molecule has 8 nitrogen and oxygen atoms in total. The van der Waals surface area contributed by atoms with Gasteiger partial charge in [-0.1, -0.05) is 0 Å². The molecule has 1 rings (SSSR count). The second-order valence-corrected chi connectivity index (χ2v) is 6.40. The van der Waals surface area contributed by atoms with Crippen molar-refractivity contribution in [2.75, 3.05) is 33.1 Å². The van der Waals surface area contributed by atoms with Gasteiger partial charge in [0.25, 0.3) is 0 Å². The van der Waals surface area contributed by atoms with Crippen LogP contribution >= 0.6 is 24.0 Å². The van der Waals surface area contributed by atoms with E-state index in [1.165, 1.54) is 0 Å². The molecule has 4 N–H and O–H groups in total. The Morgan fingerprint density at radius 3 is 2.50 bits per heavy atom. The topological polar surface area (TPSA) is 115 Å². The maximum absolute atomic E-state index is 10.9. The fourth-order valence-electron chi connectivity index (χ4n) is 1.80. The van der Waals surface area contributed by atoms with Crippen LogP contribution in [-0.4, -0.2) is 47.4 Å². The van der Waals surface area contributed by atoms with Crippen molar-refractivity contribution in [1.82, 2.24) is 10.6 Å². The van der Waals surface area contributed by atoms with E-state index in [-0.39, 0.29) is 36.3 Å². The van der Waals surface area contributed by atoms with Crippen LogP contribution in [0.25, 0.3) is 0 Å². The minimum Gasteiger partial charge on any atom is -0.497 e. The smallest absolute Gasteiger partial charge is 0.210 e. The van der Waals surface area contributed by atoms with Gasteiger partial charge >= 0.3 is 0 Å². The zero-order valence-corrected chi connectivity index (χ0v) is 17.2. The second kappa shape index (κ2) is 11.3. The van der Waals surface area contributed by atoms with Crippen molar-refractivity contribution in [3.05, 3.63) is 23.8 Å². The summed E-state index contributed by atoms with van der Waals surface area (Å²) in [5.74, 6) is 1.72. The molecular weight excluding hydrogens is 447 g/mol. The predicted molar refractivity (Wildman–Crippen MR) is 106 cm³/mol. The first-order valence-corrected chi connectivity index (χ1v) is 8.84. The molecule has 10 heteroatoms. The molecule has 0 radical (unpaired) electrons. The molecule has 0 aliphatic carbocycles. The van der Waals surface area contributed by atoms with Crippen molar-refractivity contribution in [3.8, 4) is 11.5 Å². The van der Waals surface area contributed by atoms with Crippen LogP contribution in [0.4, 0.5) is 0 Å². The Kier molecular flexibility index (Phi) is 10.7. The molecule has 0 aliphatic rings. The third kappa shape index (κ3) is 8.55. The first-order chi connectivity index (χ1) is 10.9. The molecule has 1 aromatic carbocycles. The van der Waals surface area contributed by atoms with Gasteiger partial charge in [-0.3, -0.25) is 0 Å².